The normalized spacial score (nSPS) is 11.0. The van der Waals surface area contributed by atoms with E-state index in [0.29, 0.717) is 18.2 Å². The second-order valence-electron chi connectivity index (χ2n) is 6.23. The number of aryl methyl sites for hydroxylation is 1. The molecule has 2 heterocycles. The van der Waals surface area contributed by atoms with E-state index in [4.69, 9.17) is 0 Å². The summed E-state index contributed by atoms with van der Waals surface area (Å²) < 4.78 is 1.64. The third kappa shape index (κ3) is 4.14. The molecular formula is C19H22N4OS. The van der Waals surface area contributed by atoms with Gasteiger partial charge in [0.1, 0.15) is 5.69 Å². The molecule has 0 aliphatic rings. The molecule has 0 unspecified atom stereocenters. The highest BCUT2D eigenvalue weighted by molar-refractivity contribution is 7.09. The van der Waals surface area contributed by atoms with E-state index in [1.165, 1.54) is 0 Å². The zero-order valence-electron chi connectivity index (χ0n) is 14.7. The molecule has 5 nitrogen and oxygen atoms in total. The third-order valence-electron chi connectivity index (χ3n) is 3.97. The summed E-state index contributed by atoms with van der Waals surface area (Å²) in [7, 11) is 1.80. The number of hydrogen-bond donors (Lipinski definition) is 1. The minimum Gasteiger partial charge on any atom is -0.350 e. The number of aromatic nitrogens is 3. The van der Waals surface area contributed by atoms with E-state index in [-0.39, 0.29) is 5.91 Å². The fraction of sp³-hybridized carbons (Fsp3) is 0.316. The SMILES string of the molecule is CC(C)c1cc(C(=O)NCCc2nc(-c3ccccc3)cs2)n(C)n1. The molecule has 0 saturated heterocycles. The molecule has 1 aromatic carbocycles. The Labute approximate surface area is 151 Å². The van der Waals surface area contributed by atoms with Crippen molar-refractivity contribution < 1.29 is 4.79 Å². The van der Waals surface area contributed by atoms with Crippen molar-refractivity contribution in [2.24, 2.45) is 7.05 Å². The monoisotopic (exact) mass is 354 g/mol. The van der Waals surface area contributed by atoms with E-state index < -0.39 is 0 Å². The average molecular weight is 354 g/mol. The largest absolute Gasteiger partial charge is 0.350 e. The predicted molar refractivity (Wildman–Crippen MR) is 101 cm³/mol. The lowest BCUT2D eigenvalue weighted by molar-refractivity contribution is 0.0944. The Morgan fingerprint density at radius 2 is 2.04 bits per heavy atom. The molecule has 0 fully saturated rings. The maximum atomic E-state index is 12.3. The van der Waals surface area contributed by atoms with Crippen molar-refractivity contribution >= 4 is 17.2 Å². The molecule has 0 saturated carbocycles. The second-order valence-corrected chi connectivity index (χ2v) is 7.17. The minimum atomic E-state index is -0.0956. The number of thiazole rings is 1. The van der Waals surface area contributed by atoms with E-state index in [2.05, 4.69) is 46.8 Å². The van der Waals surface area contributed by atoms with Crippen LogP contribution in [0.4, 0.5) is 0 Å². The van der Waals surface area contributed by atoms with Crippen molar-refractivity contribution in [3.8, 4) is 11.3 Å². The number of benzene rings is 1. The van der Waals surface area contributed by atoms with E-state index in [9.17, 15) is 4.79 Å². The molecule has 6 heteroatoms. The summed E-state index contributed by atoms with van der Waals surface area (Å²) in [4.78, 5) is 17.0. The molecule has 0 radical (unpaired) electrons. The first-order chi connectivity index (χ1) is 12.0. The molecule has 130 valence electrons. The molecule has 0 bridgehead atoms. The summed E-state index contributed by atoms with van der Waals surface area (Å²) in [6, 6.07) is 12.0. The van der Waals surface area contributed by atoms with Gasteiger partial charge >= 0.3 is 0 Å². The van der Waals surface area contributed by atoms with Gasteiger partial charge in [-0.3, -0.25) is 9.48 Å². The summed E-state index contributed by atoms with van der Waals surface area (Å²) in [5.41, 5.74) is 3.62. The molecule has 3 aromatic rings. The van der Waals surface area contributed by atoms with Crippen LogP contribution in [0.1, 0.15) is 41.0 Å². The van der Waals surface area contributed by atoms with Gasteiger partial charge in [0, 0.05) is 31.0 Å². The lowest BCUT2D eigenvalue weighted by Gasteiger charge is -2.03. The highest BCUT2D eigenvalue weighted by atomic mass is 32.1. The van der Waals surface area contributed by atoms with Crippen molar-refractivity contribution in [1.29, 1.82) is 0 Å². The number of nitrogens with zero attached hydrogens (tertiary/aromatic N) is 3. The summed E-state index contributed by atoms with van der Waals surface area (Å²) in [6.07, 6.45) is 0.720. The summed E-state index contributed by atoms with van der Waals surface area (Å²) in [5.74, 6) is 0.209. The first-order valence-corrected chi connectivity index (χ1v) is 9.24. The van der Waals surface area contributed by atoms with Gasteiger partial charge in [-0.05, 0) is 12.0 Å². The predicted octanol–water partition coefficient (Wildman–Crippen LogP) is 3.64. The van der Waals surface area contributed by atoms with Crippen LogP contribution in [0.3, 0.4) is 0 Å². The van der Waals surface area contributed by atoms with E-state index in [0.717, 1.165) is 28.4 Å². The van der Waals surface area contributed by atoms with Crippen LogP contribution in [-0.4, -0.2) is 27.2 Å². The van der Waals surface area contributed by atoms with Gasteiger partial charge in [-0.25, -0.2) is 4.98 Å². The fourth-order valence-electron chi connectivity index (χ4n) is 2.52. The molecule has 1 N–H and O–H groups in total. The Morgan fingerprint density at radius 3 is 2.72 bits per heavy atom. The van der Waals surface area contributed by atoms with Crippen LogP contribution in [0.2, 0.25) is 0 Å². The molecule has 0 atom stereocenters. The van der Waals surface area contributed by atoms with Crippen LogP contribution in [0.25, 0.3) is 11.3 Å². The topological polar surface area (TPSA) is 59.8 Å². The molecule has 0 spiro atoms. The number of amides is 1. The summed E-state index contributed by atoms with van der Waals surface area (Å²) >= 11 is 1.62. The Kier molecular flexibility index (Phi) is 5.28. The highest BCUT2D eigenvalue weighted by Gasteiger charge is 2.14. The van der Waals surface area contributed by atoms with Crippen molar-refractivity contribution in [3.63, 3.8) is 0 Å². The Morgan fingerprint density at radius 1 is 1.28 bits per heavy atom. The number of carbonyl (C=O) groups excluding carboxylic acids is 1. The number of nitrogens with one attached hydrogen (secondary N) is 1. The number of rotatable bonds is 6. The summed E-state index contributed by atoms with van der Waals surface area (Å²) in [5, 5.41) is 10.4. The maximum absolute atomic E-state index is 12.3. The lowest BCUT2D eigenvalue weighted by atomic mass is 10.1. The average Bonchev–Trinajstić information content (AvgIpc) is 3.22. The lowest BCUT2D eigenvalue weighted by Crippen LogP contribution is -2.27. The quantitative estimate of drug-likeness (QED) is 0.735. The van der Waals surface area contributed by atoms with Crippen LogP contribution in [0, 0.1) is 0 Å². The first-order valence-electron chi connectivity index (χ1n) is 8.36. The van der Waals surface area contributed by atoms with Crippen LogP contribution in [0.5, 0.6) is 0 Å². The van der Waals surface area contributed by atoms with E-state index in [1.54, 1.807) is 23.1 Å². The van der Waals surface area contributed by atoms with Gasteiger partial charge in [-0.2, -0.15) is 5.10 Å². The maximum Gasteiger partial charge on any atom is 0.269 e. The first kappa shape index (κ1) is 17.4. The molecule has 3 rings (SSSR count). The Hall–Kier alpha value is -2.47. The van der Waals surface area contributed by atoms with Crippen LogP contribution in [-0.2, 0) is 13.5 Å². The van der Waals surface area contributed by atoms with Crippen molar-refractivity contribution in [2.45, 2.75) is 26.2 Å². The molecule has 25 heavy (non-hydrogen) atoms. The number of hydrogen-bond acceptors (Lipinski definition) is 4. The second kappa shape index (κ2) is 7.61. The minimum absolute atomic E-state index is 0.0956. The van der Waals surface area contributed by atoms with Gasteiger partial charge in [0.05, 0.1) is 16.4 Å². The Bertz CT molecular complexity index is 851. The molecule has 0 aliphatic heterocycles. The number of carbonyl (C=O) groups is 1. The fourth-order valence-corrected chi connectivity index (χ4v) is 3.33. The standard InChI is InChI=1S/C19H22N4OS/c1-13(2)15-11-17(23(3)22-15)19(24)20-10-9-18-21-16(12-25-18)14-7-5-4-6-8-14/h4-8,11-13H,9-10H2,1-3H3,(H,20,24). The van der Waals surface area contributed by atoms with Gasteiger partial charge in [0.15, 0.2) is 0 Å². The van der Waals surface area contributed by atoms with Crippen molar-refractivity contribution in [1.82, 2.24) is 20.1 Å². The molecular weight excluding hydrogens is 332 g/mol. The van der Waals surface area contributed by atoms with Crippen molar-refractivity contribution in [3.05, 3.63) is 58.2 Å². The molecule has 0 aliphatic carbocycles. The van der Waals surface area contributed by atoms with Crippen LogP contribution < -0.4 is 5.32 Å². The van der Waals surface area contributed by atoms with Crippen molar-refractivity contribution in [2.75, 3.05) is 6.54 Å². The van der Waals surface area contributed by atoms with E-state index in [1.807, 2.05) is 24.3 Å². The van der Waals surface area contributed by atoms with Gasteiger partial charge < -0.3 is 5.32 Å². The zero-order chi connectivity index (χ0) is 17.8. The molecule has 2 aromatic heterocycles. The van der Waals surface area contributed by atoms with E-state index >= 15 is 0 Å². The summed E-state index contributed by atoms with van der Waals surface area (Å²) in [6.45, 7) is 4.69. The Balaban J connectivity index is 1.56. The van der Waals surface area contributed by atoms with Gasteiger partial charge in [-0.15, -0.1) is 11.3 Å². The van der Waals surface area contributed by atoms with Crippen LogP contribution in [0.15, 0.2) is 41.8 Å². The van der Waals surface area contributed by atoms with Gasteiger partial charge in [0.25, 0.3) is 5.91 Å². The third-order valence-corrected chi connectivity index (χ3v) is 4.88. The van der Waals surface area contributed by atoms with Gasteiger partial charge in [0.2, 0.25) is 0 Å². The zero-order valence-corrected chi connectivity index (χ0v) is 15.5. The van der Waals surface area contributed by atoms with Gasteiger partial charge in [-0.1, -0.05) is 44.2 Å². The highest BCUT2D eigenvalue weighted by Crippen LogP contribution is 2.21. The molecule has 1 amide bonds. The van der Waals surface area contributed by atoms with Crippen LogP contribution >= 0.6 is 11.3 Å². The smallest absolute Gasteiger partial charge is 0.269 e.